The third-order valence-electron chi connectivity index (χ3n) is 2.29. The molecule has 4 nitrogen and oxygen atoms in total. The highest BCUT2D eigenvalue weighted by Crippen LogP contribution is 2.31. The fraction of sp³-hybridized carbons (Fsp3) is 0.167. The number of nitrogens with zero attached hydrogens (tertiary/aromatic N) is 1. The maximum absolute atomic E-state index is 11.7. The Bertz CT molecular complexity index is 598. The molecule has 2 aromatic rings. The minimum atomic E-state index is -0.429. The highest BCUT2D eigenvalue weighted by molar-refractivity contribution is 8.04. The summed E-state index contributed by atoms with van der Waals surface area (Å²) >= 11 is 0.966. The molecule has 0 atom stereocenters. The van der Waals surface area contributed by atoms with Crippen molar-refractivity contribution >= 4 is 28.6 Å². The second-order valence-electron chi connectivity index (χ2n) is 3.29. The van der Waals surface area contributed by atoms with Gasteiger partial charge in [-0.2, -0.15) is 5.26 Å². The number of rotatable bonds is 3. The van der Waals surface area contributed by atoms with E-state index in [1.165, 1.54) is 0 Å². The van der Waals surface area contributed by atoms with Crippen molar-refractivity contribution in [2.24, 2.45) is 0 Å². The summed E-state index contributed by atoms with van der Waals surface area (Å²) in [4.78, 5) is 15.3. The van der Waals surface area contributed by atoms with Crippen LogP contribution in [-0.4, -0.2) is 17.6 Å². The van der Waals surface area contributed by atoms with Crippen LogP contribution in [0.2, 0.25) is 0 Å². The molecule has 0 unspecified atom stereocenters. The number of thiocyanates is 1. The number of hydrogen-bond acceptors (Lipinski definition) is 4. The van der Waals surface area contributed by atoms with Gasteiger partial charge >= 0.3 is 5.97 Å². The molecular weight excluding hydrogens is 236 g/mol. The van der Waals surface area contributed by atoms with Crippen molar-refractivity contribution in [1.82, 2.24) is 4.98 Å². The van der Waals surface area contributed by atoms with Crippen LogP contribution in [-0.2, 0) is 4.74 Å². The van der Waals surface area contributed by atoms with Gasteiger partial charge in [-0.3, -0.25) is 0 Å². The summed E-state index contributed by atoms with van der Waals surface area (Å²) in [6, 6.07) is 7.47. The van der Waals surface area contributed by atoms with Crippen LogP contribution in [0.4, 0.5) is 0 Å². The maximum Gasteiger partial charge on any atom is 0.355 e. The molecule has 1 heterocycles. The maximum atomic E-state index is 11.7. The molecule has 0 aliphatic carbocycles. The number of nitrogens with one attached hydrogen (secondary N) is 1. The number of nitriles is 1. The molecule has 86 valence electrons. The summed E-state index contributed by atoms with van der Waals surface area (Å²) in [5.41, 5.74) is 1.17. The normalized spacial score (nSPS) is 10.1. The number of thioether (sulfide) groups is 1. The van der Waals surface area contributed by atoms with E-state index >= 15 is 0 Å². The smallest absolute Gasteiger partial charge is 0.355 e. The first-order chi connectivity index (χ1) is 8.27. The van der Waals surface area contributed by atoms with Crippen LogP contribution >= 0.6 is 11.8 Å². The minimum Gasteiger partial charge on any atom is -0.461 e. The molecule has 5 heteroatoms. The van der Waals surface area contributed by atoms with Crippen LogP contribution in [0.15, 0.2) is 29.2 Å². The standard InChI is InChI=1S/C12H10N2O2S/c1-2-16-12(15)10-11(17-7-13)8-5-3-4-6-9(8)14-10/h3-6,14H,2H2,1H3. The second kappa shape index (κ2) is 4.93. The molecule has 0 bridgehead atoms. The highest BCUT2D eigenvalue weighted by Gasteiger charge is 2.18. The molecule has 0 radical (unpaired) electrons. The minimum absolute atomic E-state index is 0.310. The van der Waals surface area contributed by atoms with Crippen LogP contribution < -0.4 is 0 Å². The van der Waals surface area contributed by atoms with E-state index in [1.54, 1.807) is 6.92 Å². The number of benzene rings is 1. The average molecular weight is 246 g/mol. The Labute approximate surface area is 103 Å². The topological polar surface area (TPSA) is 65.9 Å². The zero-order chi connectivity index (χ0) is 12.3. The summed E-state index contributed by atoms with van der Waals surface area (Å²) < 4.78 is 4.95. The molecule has 2 rings (SSSR count). The predicted molar refractivity (Wildman–Crippen MR) is 65.7 cm³/mol. The number of esters is 1. The number of aromatic nitrogens is 1. The van der Waals surface area contributed by atoms with Gasteiger partial charge in [-0.1, -0.05) is 18.2 Å². The van der Waals surface area contributed by atoms with Gasteiger partial charge in [-0.15, -0.1) is 0 Å². The Morgan fingerprint density at radius 2 is 2.29 bits per heavy atom. The van der Waals surface area contributed by atoms with Gasteiger partial charge < -0.3 is 9.72 Å². The van der Waals surface area contributed by atoms with Crippen molar-refractivity contribution < 1.29 is 9.53 Å². The molecule has 0 aliphatic rings. The number of carbonyl (C=O) groups is 1. The second-order valence-corrected chi connectivity index (χ2v) is 4.08. The first-order valence-electron chi connectivity index (χ1n) is 5.11. The van der Waals surface area contributed by atoms with Crippen molar-refractivity contribution in [3.63, 3.8) is 0 Å². The molecule has 0 saturated heterocycles. The lowest BCUT2D eigenvalue weighted by Crippen LogP contribution is -2.05. The average Bonchev–Trinajstić information content (AvgIpc) is 2.70. The van der Waals surface area contributed by atoms with Crippen molar-refractivity contribution in [3.8, 4) is 5.40 Å². The zero-order valence-corrected chi connectivity index (χ0v) is 10.0. The van der Waals surface area contributed by atoms with Crippen LogP contribution in [0.3, 0.4) is 0 Å². The van der Waals surface area contributed by atoms with Crippen molar-refractivity contribution in [1.29, 1.82) is 5.26 Å². The summed E-state index contributed by atoms with van der Waals surface area (Å²) in [6.07, 6.45) is 0. The summed E-state index contributed by atoms with van der Waals surface area (Å²) in [6.45, 7) is 2.06. The monoisotopic (exact) mass is 246 g/mol. The Balaban J connectivity index is 2.58. The molecule has 0 fully saturated rings. The summed E-state index contributed by atoms with van der Waals surface area (Å²) in [7, 11) is 0. The summed E-state index contributed by atoms with van der Waals surface area (Å²) in [5.74, 6) is -0.429. The molecule has 0 aliphatic heterocycles. The van der Waals surface area contributed by atoms with Gasteiger partial charge in [0.05, 0.1) is 11.5 Å². The van der Waals surface area contributed by atoms with Crippen molar-refractivity contribution in [3.05, 3.63) is 30.0 Å². The lowest BCUT2D eigenvalue weighted by atomic mass is 10.2. The number of carbonyl (C=O) groups excluding carboxylic acids is 1. The fourth-order valence-corrected chi connectivity index (χ4v) is 2.23. The van der Waals surface area contributed by atoms with Gasteiger partial charge in [0.25, 0.3) is 0 Å². The van der Waals surface area contributed by atoms with E-state index in [0.29, 0.717) is 17.2 Å². The van der Waals surface area contributed by atoms with E-state index in [-0.39, 0.29) is 0 Å². The number of aromatic amines is 1. The SMILES string of the molecule is CCOC(=O)c1[nH]c2ccccc2c1SC#N. The van der Waals surface area contributed by atoms with Crippen molar-refractivity contribution in [2.45, 2.75) is 11.8 Å². The van der Waals surface area contributed by atoms with Crippen LogP contribution in [0.5, 0.6) is 0 Å². The third kappa shape index (κ3) is 2.12. The molecule has 0 amide bonds. The Kier molecular flexibility index (Phi) is 3.35. The Morgan fingerprint density at radius 3 is 3.00 bits per heavy atom. The molecule has 1 aromatic carbocycles. The third-order valence-corrected chi connectivity index (χ3v) is 3.01. The number of hydrogen-bond donors (Lipinski definition) is 1. The van der Waals surface area contributed by atoms with E-state index in [4.69, 9.17) is 10.00 Å². The van der Waals surface area contributed by atoms with E-state index < -0.39 is 5.97 Å². The van der Waals surface area contributed by atoms with Gasteiger partial charge in [0, 0.05) is 10.9 Å². The van der Waals surface area contributed by atoms with Gasteiger partial charge in [-0.25, -0.2) is 4.79 Å². The summed E-state index contributed by atoms with van der Waals surface area (Å²) in [5, 5.41) is 11.6. The molecule has 1 aromatic heterocycles. The Morgan fingerprint density at radius 1 is 1.53 bits per heavy atom. The zero-order valence-electron chi connectivity index (χ0n) is 9.19. The molecule has 17 heavy (non-hydrogen) atoms. The van der Waals surface area contributed by atoms with E-state index in [0.717, 1.165) is 22.7 Å². The first-order valence-corrected chi connectivity index (χ1v) is 5.93. The van der Waals surface area contributed by atoms with E-state index in [1.807, 2.05) is 29.7 Å². The number of ether oxygens (including phenoxy) is 1. The number of fused-ring (bicyclic) bond motifs is 1. The highest BCUT2D eigenvalue weighted by atomic mass is 32.2. The van der Waals surface area contributed by atoms with Gasteiger partial charge in [0.2, 0.25) is 0 Å². The molecule has 0 spiro atoms. The molecular formula is C12H10N2O2S. The Hall–Kier alpha value is -1.93. The number of para-hydroxylation sites is 1. The quantitative estimate of drug-likeness (QED) is 0.513. The largest absolute Gasteiger partial charge is 0.461 e. The van der Waals surface area contributed by atoms with Gasteiger partial charge in [0.1, 0.15) is 11.1 Å². The van der Waals surface area contributed by atoms with Crippen molar-refractivity contribution in [2.75, 3.05) is 6.61 Å². The fourth-order valence-electron chi connectivity index (χ4n) is 1.61. The number of H-pyrrole nitrogens is 1. The predicted octanol–water partition coefficient (Wildman–Crippen LogP) is 2.92. The lowest BCUT2D eigenvalue weighted by Gasteiger charge is -2.00. The first kappa shape index (κ1) is 11.6. The van der Waals surface area contributed by atoms with Gasteiger partial charge in [-0.05, 0) is 24.8 Å². The molecule has 1 N–H and O–H groups in total. The molecule has 0 saturated carbocycles. The van der Waals surface area contributed by atoms with Gasteiger partial charge in [0.15, 0.2) is 0 Å². The lowest BCUT2D eigenvalue weighted by molar-refractivity contribution is 0.0516. The van der Waals surface area contributed by atoms with Crippen LogP contribution in [0.25, 0.3) is 10.9 Å². The van der Waals surface area contributed by atoms with Crippen LogP contribution in [0, 0.1) is 10.7 Å². The van der Waals surface area contributed by atoms with E-state index in [9.17, 15) is 4.79 Å². The van der Waals surface area contributed by atoms with Crippen LogP contribution in [0.1, 0.15) is 17.4 Å². The van der Waals surface area contributed by atoms with E-state index in [2.05, 4.69) is 4.98 Å².